The van der Waals surface area contributed by atoms with E-state index < -0.39 is 10.0 Å². The molecule has 0 atom stereocenters. The number of benzene rings is 2. The van der Waals surface area contributed by atoms with Crippen LogP contribution in [0.1, 0.15) is 25.3 Å². The summed E-state index contributed by atoms with van der Waals surface area (Å²) >= 11 is 7.19. The highest BCUT2D eigenvalue weighted by Crippen LogP contribution is 2.26. The first-order valence-electron chi connectivity index (χ1n) is 9.45. The summed E-state index contributed by atoms with van der Waals surface area (Å²) in [5, 5.41) is 9.43. The van der Waals surface area contributed by atoms with E-state index in [1.165, 1.54) is 23.9 Å². The third kappa shape index (κ3) is 5.75. The van der Waals surface area contributed by atoms with Crippen LogP contribution in [0.3, 0.4) is 0 Å². The maximum Gasteiger partial charge on any atom is 0.238 e. The third-order valence-corrected chi connectivity index (χ3v) is 6.62. The largest absolute Gasteiger partial charge is 0.351 e. The van der Waals surface area contributed by atoms with Gasteiger partial charge < -0.3 is 9.88 Å². The maximum absolute atomic E-state index is 12.3. The van der Waals surface area contributed by atoms with Gasteiger partial charge in [-0.2, -0.15) is 0 Å². The van der Waals surface area contributed by atoms with Gasteiger partial charge in [0, 0.05) is 18.1 Å². The van der Waals surface area contributed by atoms with Crippen molar-refractivity contribution in [2.45, 2.75) is 42.9 Å². The van der Waals surface area contributed by atoms with Crippen LogP contribution in [0.15, 0.2) is 52.5 Å². The van der Waals surface area contributed by atoms with Gasteiger partial charge in [-0.25, -0.2) is 18.5 Å². The number of nitrogens with zero attached hydrogens (tertiary/aromatic N) is 2. The number of thioether (sulfide) groups is 1. The minimum absolute atomic E-state index is 0.0207. The average Bonchev–Trinajstić information content (AvgIpc) is 3.06. The number of carbonyl (C=O) groups excluding carboxylic acids is 1. The predicted octanol–water partition coefficient (Wildman–Crippen LogP) is 3.55. The minimum Gasteiger partial charge on any atom is -0.351 e. The molecule has 1 aromatic heterocycles. The number of aryl methyl sites for hydroxylation is 1. The number of imidazole rings is 1. The fourth-order valence-electron chi connectivity index (χ4n) is 2.89. The van der Waals surface area contributed by atoms with E-state index >= 15 is 0 Å². The third-order valence-electron chi connectivity index (χ3n) is 4.48. The van der Waals surface area contributed by atoms with Crippen LogP contribution < -0.4 is 10.5 Å². The summed E-state index contributed by atoms with van der Waals surface area (Å²) in [6.07, 6.45) is 1.94. The number of hydrogen-bond donors (Lipinski definition) is 2. The Labute approximate surface area is 185 Å². The second-order valence-corrected chi connectivity index (χ2v) is 9.73. The van der Waals surface area contributed by atoms with Crippen LogP contribution in [0.25, 0.3) is 11.0 Å². The van der Waals surface area contributed by atoms with Crippen LogP contribution in [0, 0.1) is 0 Å². The number of aromatic nitrogens is 2. The molecule has 0 saturated heterocycles. The van der Waals surface area contributed by atoms with E-state index in [1.54, 1.807) is 18.2 Å². The summed E-state index contributed by atoms with van der Waals surface area (Å²) in [5.41, 5.74) is 2.32. The fraction of sp³-hybridized carbons (Fsp3) is 0.300. The summed E-state index contributed by atoms with van der Waals surface area (Å²) in [6, 6.07) is 12.0. The number of fused-ring (bicyclic) bond motifs is 1. The first-order valence-corrected chi connectivity index (χ1v) is 12.4. The first kappa shape index (κ1) is 22.6. The molecule has 7 nitrogen and oxygen atoms in total. The molecular formula is C20H23ClN4O3S2. The van der Waals surface area contributed by atoms with Crippen LogP contribution in [-0.2, 0) is 27.9 Å². The quantitative estimate of drug-likeness (QED) is 0.469. The molecule has 0 unspecified atom stereocenters. The topological polar surface area (TPSA) is 107 Å². The summed E-state index contributed by atoms with van der Waals surface area (Å²) in [4.78, 5) is 16.9. The van der Waals surface area contributed by atoms with E-state index in [1.807, 2.05) is 16.7 Å². The van der Waals surface area contributed by atoms with Crippen molar-refractivity contribution in [1.29, 1.82) is 0 Å². The van der Waals surface area contributed by atoms with Gasteiger partial charge in [-0.05, 0) is 42.3 Å². The van der Waals surface area contributed by atoms with Crippen LogP contribution in [0.5, 0.6) is 0 Å². The Morgan fingerprint density at radius 1 is 1.23 bits per heavy atom. The van der Waals surface area contributed by atoms with Crippen molar-refractivity contribution >= 4 is 50.3 Å². The van der Waals surface area contributed by atoms with Gasteiger partial charge >= 0.3 is 0 Å². The Morgan fingerprint density at radius 2 is 1.97 bits per heavy atom. The number of rotatable bonds is 9. The van der Waals surface area contributed by atoms with Gasteiger partial charge in [0.05, 0.1) is 21.7 Å². The first-order chi connectivity index (χ1) is 14.3. The van der Waals surface area contributed by atoms with E-state index in [0.717, 1.165) is 30.5 Å². The SMILES string of the molecule is CCCCn1c(SCC(=O)NCc2ccc(Cl)cc2)nc2cc(S(N)(=O)=O)ccc21. The number of unbranched alkanes of at least 4 members (excludes halogenated alkanes) is 1. The fourth-order valence-corrected chi connectivity index (χ4v) is 4.42. The summed E-state index contributed by atoms with van der Waals surface area (Å²) in [7, 11) is -3.81. The number of hydrogen-bond acceptors (Lipinski definition) is 5. The van der Waals surface area contributed by atoms with Crippen molar-refractivity contribution in [1.82, 2.24) is 14.9 Å². The Kier molecular flexibility index (Phi) is 7.41. The Balaban J connectivity index is 1.73. The second-order valence-electron chi connectivity index (χ2n) is 6.79. The van der Waals surface area contributed by atoms with E-state index in [2.05, 4.69) is 17.2 Å². The van der Waals surface area contributed by atoms with Crippen LogP contribution in [-0.4, -0.2) is 29.6 Å². The molecule has 30 heavy (non-hydrogen) atoms. The Morgan fingerprint density at radius 3 is 2.63 bits per heavy atom. The molecule has 0 aliphatic rings. The Bertz CT molecular complexity index is 1140. The lowest BCUT2D eigenvalue weighted by molar-refractivity contribution is -0.118. The van der Waals surface area contributed by atoms with Gasteiger partial charge in [0.25, 0.3) is 0 Å². The van der Waals surface area contributed by atoms with Gasteiger partial charge in [0.2, 0.25) is 15.9 Å². The zero-order chi connectivity index (χ0) is 21.7. The van der Waals surface area contributed by atoms with Crippen LogP contribution >= 0.6 is 23.4 Å². The molecule has 0 aliphatic heterocycles. The van der Waals surface area contributed by atoms with E-state index in [0.29, 0.717) is 22.2 Å². The molecule has 160 valence electrons. The molecule has 0 fully saturated rings. The molecule has 0 saturated carbocycles. The molecule has 3 N–H and O–H groups in total. The van der Waals surface area contributed by atoms with Gasteiger partial charge in [-0.15, -0.1) is 0 Å². The molecule has 0 radical (unpaired) electrons. The minimum atomic E-state index is -3.81. The molecular weight excluding hydrogens is 444 g/mol. The van der Waals surface area contributed by atoms with Crippen molar-refractivity contribution in [2.75, 3.05) is 5.75 Å². The van der Waals surface area contributed by atoms with E-state index in [-0.39, 0.29) is 16.6 Å². The number of nitrogens with two attached hydrogens (primary N) is 1. The van der Waals surface area contributed by atoms with Gasteiger partial charge in [0.1, 0.15) is 0 Å². The number of amides is 1. The maximum atomic E-state index is 12.3. The standard InChI is InChI=1S/C20H23ClN4O3S2/c1-2-3-10-25-18-9-8-16(30(22,27)28)11-17(18)24-20(25)29-13-19(26)23-12-14-4-6-15(21)7-5-14/h4-9,11H,2-3,10,12-13H2,1H3,(H,23,26)(H2,22,27,28). The number of halogens is 1. The highest BCUT2D eigenvalue weighted by Gasteiger charge is 2.16. The van der Waals surface area contributed by atoms with Crippen molar-refractivity contribution in [3.63, 3.8) is 0 Å². The van der Waals surface area contributed by atoms with Crippen LogP contribution in [0.2, 0.25) is 5.02 Å². The number of sulfonamides is 1. The summed E-state index contributed by atoms with van der Waals surface area (Å²) in [5.74, 6) is 0.0831. The molecule has 3 aromatic rings. The number of nitrogens with one attached hydrogen (secondary N) is 1. The lowest BCUT2D eigenvalue weighted by Crippen LogP contribution is -2.24. The van der Waals surface area contributed by atoms with Gasteiger partial charge in [0.15, 0.2) is 5.16 Å². The van der Waals surface area contributed by atoms with Gasteiger partial charge in [-0.1, -0.05) is 48.8 Å². The average molecular weight is 467 g/mol. The predicted molar refractivity (Wildman–Crippen MR) is 120 cm³/mol. The zero-order valence-corrected chi connectivity index (χ0v) is 18.9. The number of carbonyl (C=O) groups is 1. The molecule has 1 heterocycles. The normalized spacial score (nSPS) is 11.7. The lowest BCUT2D eigenvalue weighted by Gasteiger charge is -2.09. The lowest BCUT2D eigenvalue weighted by atomic mass is 10.2. The zero-order valence-electron chi connectivity index (χ0n) is 16.5. The van der Waals surface area contributed by atoms with Crippen molar-refractivity contribution in [3.05, 3.63) is 53.1 Å². The van der Waals surface area contributed by atoms with Crippen molar-refractivity contribution < 1.29 is 13.2 Å². The van der Waals surface area contributed by atoms with E-state index in [4.69, 9.17) is 16.7 Å². The molecule has 0 spiro atoms. The summed E-state index contributed by atoms with van der Waals surface area (Å²) in [6.45, 7) is 3.24. The Hall–Kier alpha value is -2.07. The summed E-state index contributed by atoms with van der Waals surface area (Å²) < 4.78 is 25.3. The highest BCUT2D eigenvalue weighted by molar-refractivity contribution is 7.99. The van der Waals surface area contributed by atoms with Crippen LogP contribution in [0.4, 0.5) is 0 Å². The monoisotopic (exact) mass is 466 g/mol. The molecule has 0 aliphatic carbocycles. The highest BCUT2D eigenvalue weighted by atomic mass is 35.5. The van der Waals surface area contributed by atoms with Crippen molar-refractivity contribution in [2.24, 2.45) is 5.14 Å². The molecule has 3 rings (SSSR count). The smallest absolute Gasteiger partial charge is 0.238 e. The second kappa shape index (κ2) is 9.82. The molecule has 2 aromatic carbocycles. The molecule has 1 amide bonds. The van der Waals surface area contributed by atoms with E-state index in [9.17, 15) is 13.2 Å². The number of primary sulfonamides is 1. The van der Waals surface area contributed by atoms with Gasteiger partial charge in [-0.3, -0.25) is 4.79 Å². The molecule has 10 heteroatoms. The molecule has 0 bridgehead atoms. The van der Waals surface area contributed by atoms with Crippen molar-refractivity contribution in [3.8, 4) is 0 Å².